The van der Waals surface area contributed by atoms with Crippen LogP contribution < -0.4 is 5.32 Å². The van der Waals surface area contributed by atoms with Crippen molar-refractivity contribution < 1.29 is 0 Å². The van der Waals surface area contributed by atoms with Crippen molar-refractivity contribution in [1.29, 1.82) is 0 Å². The molecule has 2 N–H and O–H groups in total. The van der Waals surface area contributed by atoms with Gasteiger partial charge in [-0.2, -0.15) is 5.10 Å². The van der Waals surface area contributed by atoms with Gasteiger partial charge in [-0.15, -0.1) is 0 Å². The van der Waals surface area contributed by atoms with Crippen LogP contribution in [0.5, 0.6) is 0 Å². The van der Waals surface area contributed by atoms with Gasteiger partial charge in [0.2, 0.25) is 0 Å². The molecule has 14 heavy (non-hydrogen) atoms. The number of aryl methyl sites for hydroxylation is 1. The molecule has 2 aromatic heterocycles. The number of rotatable bonds is 4. The van der Waals surface area contributed by atoms with Gasteiger partial charge in [-0.25, -0.2) is 4.98 Å². The first kappa shape index (κ1) is 8.96. The maximum absolute atomic E-state index is 4.26. The minimum atomic E-state index is 0.778. The summed E-state index contributed by atoms with van der Waals surface area (Å²) in [5.74, 6) is 0. The second-order valence-electron chi connectivity index (χ2n) is 3.16. The van der Waals surface area contributed by atoms with Gasteiger partial charge in [0.1, 0.15) is 0 Å². The molecule has 0 atom stereocenters. The second kappa shape index (κ2) is 4.06. The summed E-state index contributed by atoms with van der Waals surface area (Å²) in [6.45, 7) is 1.57. The number of hydrogen-bond donors (Lipinski definition) is 2. The summed E-state index contributed by atoms with van der Waals surface area (Å²) in [6, 6.07) is 2.00. The van der Waals surface area contributed by atoms with Crippen molar-refractivity contribution in [3.63, 3.8) is 0 Å². The molecular formula is C9H13N5. The van der Waals surface area contributed by atoms with E-state index in [2.05, 4.69) is 20.4 Å². The van der Waals surface area contributed by atoms with Crippen LogP contribution in [0, 0.1) is 0 Å². The van der Waals surface area contributed by atoms with E-state index in [-0.39, 0.29) is 0 Å². The molecule has 0 amide bonds. The Labute approximate surface area is 82.2 Å². The average Bonchev–Trinajstić information content (AvgIpc) is 2.77. The number of aromatic nitrogens is 4. The van der Waals surface area contributed by atoms with E-state index in [0.717, 1.165) is 24.5 Å². The topological polar surface area (TPSA) is 58.5 Å². The van der Waals surface area contributed by atoms with E-state index in [4.69, 9.17) is 0 Å². The van der Waals surface area contributed by atoms with Gasteiger partial charge < -0.3 is 10.3 Å². The highest BCUT2D eigenvalue weighted by atomic mass is 15.3. The van der Waals surface area contributed by atoms with Crippen molar-refractivity contribution in [2.75, 3.05) is 0 Å². The lowest BCUT2D eigenvalue weighted by Crippen LogP contribution is -2.13. The molecule has 0 saturated carbocycles. The standard InChI is InChI=1S/C9H13N5/c1-14-3-2-8(13-14)4-10-5-9-6-11-7-12-9/h2-3,6-7,10H,4-5H2,1H3,(H,11,12). The number of hydrogen-bond acceptors (Lipinski definition) is 3. The summed E-state index contributed by atoms with van der Waals surface area (Å²) in [5, 5.41) is 7.53. The predicted octanol–water partition coefficient (Wildman–Crippen LogP) is 0.433. The van der Waals surface area contributed by atoms with Crippen LogP contribution in [-0.2, 0) is 20.1 Å². The van der Waals surface area contributed by atoms with Crippen molar-refractivity contribution in [3.05, 3.63) is 36.2 Å². The summed E-state index contributed by atoms with van der Waals surface area (Å²) in [7, 11) is 1.92. The van der Waals surface area contributed by atoms with E-state index in [0.29, 0.717) is 0 Å². The van der Waals surface area contributed by atoms with Crippen molar-refractivity contribution in [2.24, 2.45) is 7.05 Å². The number of imidazole rings is 1. The third-order valence-electron chi connectivity index (χ3n) is 1.95. The summed E-state index contributed by atoms with van der Waals surface area (Å²) in [4.78, 5) is 6.97. The van der Waals surface area contributed by atoms with Crippen LogP contribution in [0.2, 0.25) is 0 Å². The van der Waals surface area contributed by atoms with Crippen LogP contribution in [0.4, 0.5) is 0 Å². The van der Waals surface area contributed by atoms with E-state index >= 15 is 0 Å². The molecule has 0 aliphatic carbocycles. The van der Waals surface area contributed by atoms with E-state index in [1.54, 1.807) is 11.0 Å². The fourth-order valence-corrected chi connectivity index (χ4v) is 1.26. The molecule has 0 bridgehead atoms. The highest BCUT2D eigenvalue weighted by molar-refractivity contribution is 4.99. The van der Waals surface area contributed by atoms with Crippen molar-refractivity contribution in [3.8, 4) is 0 Å². The van der Waals surface area contributed by atoms with Crippen LogP contribution in [0.3, 0.4) is 0 Å². The third-order valence-corrected chi connectivity index (χ3v) is 1.95. The molecule has 74 valence electrons. The quantitative estimate of drug-likeness (QED) is 0.737. The van der Waals surface area contributed by atoms with Gasteiger partial charge in [-0.05, 0) is 6.07 Å². The van der Waals surface area contributed by atoms with Crippen molar-refractivity contribution >= 4 is 0 Å². The van der Waals surface area contributed by atoms with Gasteiger partial charge in [0, 0.05) is 38.2 Å². The SMILES string of the molecule is Cn1ccc(CNCc2cnc[nH]2)n1. The lowest BCUT2D eigenvalue weighted by Gasteiger charge is -1.99. The zero-order valence-corrected chi connectivity index (χ0v) is 8.07. The first-order valence-corrected chi connectivity index (χ1v) is 4.51. The summed E-state index contributed by atoms with van der Waals surface area (Å²) in [6.07, 6.45) is 5.43. The Morgan fingerprint density at radius 1 is 1.50 bits per heavy atom. The fraction of sp³-hybridized carbons (Fsp3) is 0.333. The molecule has 2 aromatic rings. The average molecular weight is 191 g/mol. The van der Waals surface area contributed by atoms with Crippen LogP contribution >= 0.6 is 0 Å². The largest absolute Gasteiger partial charge is 0.347 e. The van der Waals surface area contributed by atoms with Crippen LogP contribution in [-0.4, -0.2) is 19.7 Å². The number of nitrogens with zero attached hydrogens (tertiary/aromatic N) is 3. The molecule has 0 unspecified atom stereocenters. The Morgan fingerprint density at radius 2 is 2.43 bits per heavy atom. The zero-order chi connectivity index (χ0) is 9.80. The Morgan fingerprint density at radius 3 is 3.07 bits per heavy atom. The Bertz CT molecular complexity index is 376. The zero-order valence-electron chi connectivity index (χ0n) is 8.07. The lowest BCUT2D eigenvalue weighted by molar-refractivity contribution is 0.649. The molecule has 0 aliphatic rings. The normalized spacial score (nSPS) is 10.6. The fourth-order valence-electron chi connectivity index (χ4n) is 1.26. The van der Waals surface area contributed by atoms with E-state index in [1.165, 1.54) is 0 Å². The summed E-state index contributed by atoms with van der Waals surface area (Å²) >= 11 is 0. The molecule has 0 radical (unpaired) electrons. The molecular weight excluding hydrogens is 178 g/mol. The van der Waals surface area contributed by atoms with Crippen LogP contribution in [0.15, 0.2) is 24.8 Å². The highest BCUT2D eigenvalue weighted by Gasteiger charge is 1.96. The van der Waals surface area contributed by atoms with Gasteiger partial charge in [0.05, 0.1) is 12.0 Å². The monoisotopic (exact) mass is 191 g/mol. The molecule has 0 fully saturated rings. The molecule has 0 saturated heterocycles. The van der Waals surface area contributed by atoms with E-state index in [1.807, 2.05) is 25.5 Å². The number of H-pyrrole nitrogens is 1. The molecule has 0 aliphatic heterocycles. The summed E-state index contributed by atoms with van der Waals surface area (Å²) in [5.41, 5.74) is 2.13. The highest BCUT2D eigenvalue weighted by Crippen LogP contribution is 1.95. The van der Waals surface area contributed by atoms with Crippen molar-refractivity contribution in [2.45, 2.75) is 13.1 Å². The number of nitrogens with one attached hydrogen (secondary N) is 2. The lowest BCUT2D eigenvalue weighted by atomic mass is 10.4. The minimum Gasteiger partial charge on any atom is -0.347 e. The van der Waals surface area contributed by atoms with Gasteiger partial charge in [-0.1, -0.05) is 0 Å². The third kappa shape index (κ3) is 2.20. The van der Waals surface area contributed by atoms with Gasteiger partial charge >= 0.3 is 0 Å². The number of aromatic amines is 1. The Balaban J connectivity index is 1.78. The van der Waals surface area contributed by atoms with Crippen LogP contribution in [0.1, 0.15) is 11.4 Å². The molecule has 0 spiro atoms. The van der Waals surface area contributed by atoms with E-state index < -0.39 is 0 Å². The maximum atomic E-state index is 4.26. The maximum Gasteiger partial charge on any atom is 0.0922 e. The Hall–Kier alpha value is -1.62. The molecule has 2 rings (SSSR count). The molecule has 0 aromatic carbocycles. The molecule has 2 heterocycles. The Kier molecular flexibility index (Phi) is 2.60. The van der Waals surface area contributed by atoms with E-state index in [9.17, 15) is 0 Å². The van der Waals surface area contributed by atoms with Crippen LogP contribution in [0.25, 0.3) is 0 Å². The first-order valence-electron chi connectivity index (χ1n) is 4.51. The van der Waals surface area contributed by atoms with Gasteiger partial charge in [0.25, 0.3) is 0 Å². The van der Waals surface area contributed by atoms with Crippen molar-refractivity contribution in [1.82, 2.24) is 25.1 Å². The van der Waals surface area contributed by atoms with Gasteiger partial charge in [-0.3, -0.25) is 4.68 Å². The molecule has 5 nitrogen and oxygen atoms in total. The summed E-state index contributed by atoms with van der Waals surface area (Å²) < 4.78 is 1.80. The minimum absolute atomic E-state index is 0.778. The smallest absolute Gasteiger partial charge is 0.0922 e. The van der Waals surface area contributed by atoms with Gasteiger partial charge in [0.15, 0.2) is 0 Å². The predicted molar refractivity (Wildman–Crippen MR) is 52.3 cm³/mol. The second-order valence-corrected chi connectivity index (χ2v) is 3.16. The molecule has 5 heteroatoms. The first-order chi connectivity index (χ1) is 6.84.